The number of carbonyl (C=O) groups excluding carboxylic acids is 1. The summed E-state index contributed by atoms with van der Waals surface area (Å²) in [6.07, 6.45) is -0.0631. The van der Waals surface area contributed by atoms with Gasteiger partial charge in [0, 0.05) is 24.1 Å². The van der Waals surface area contributed by atoms with Gasteiger partial charge < -0.3 is 15.8 Å². The van der Waals surface area contributed by atoms with E-state index in [0.717, 1.165) is 24.4 Å². The van der Waals surface area contributed by atoms with Crippen LogP contribution in [-0.2, 0) is 5.54 Å². The number of aliphatic imine (C=N–C) groups is 1. The zero-order valence-corrected chi connectivity index (χ0v) is 14.9. The van der Waals surface area contributed by atoms with Gasteiger partial charge in [0.05, 0.1) is 23.2 Å². The molecule has 10 heteroatoms. The number of amides is 1. The van der Waals surface area contributed by atoms with Crippen LogP contribution in [-0.4, -0.2) is 36.4 Å². The van der Waals surface area contributed by atoms with Gasteiger partial charge in [0.1, 0.15) is 23.9 Å². The van der Waals surface area contributed by atoms with E-state index in [-0.39, 0.29) is 29.4 Å². The van der Waals surface area contributed by atoms with E-state index in [1.165, 1.54) is 12.1 Å². The predicted octanol–water partition coefficient (Wildman–Crippen LogP) is 3.43. The molecule has 0 saturated heterocycles. The fraction of sp³-hybridized carbons (Fsp3) is 0.316. The van der Waals surface area contributed by atoms with E-state index in [1.54, 1.807) is 0 Å². The molecule has 0 radical (unpaired) electrons. The normalized spacial score (nSPS) is 22.6. The predicted molar refractivity (Wildman–Crippen MR) is 98.6 cm³/mol. The summed E-state index contributed by atoms with van der Waals surface area (Å²) in [5.74, 6) is -6.00. The van der Waals surface area contributed by atoms with Gasteiger partial charge >= 0.3 is 0 Å². The highest BCUT2D eigenvalue weighted by Crippen LogP contribution is 2.48. The molecule has 29 heavy (non-hydrogen) atoms. The standard InChI is InChI=1S/C19H18F4N4O2/c1-29-12-3-5-15(25-9-12)17(28)26-11-2-4-14(21)13(8-11)18(10-20)19(22,23)7-6-16(24)27-18/h2-5,8-9H,6-7,10H2,1H3,(H2,24,27)(H,26,28)/t18-/m1/s1/i1D3. The molecule has 3 rings (SSSR count). The Bertz CT molecular complexity index is 1050. The molecule has 0 saturated carbocycles. The number of anilines is 1. The summed E-state index contributed by atoms with van der Waals surface area (Å²) in [4.78, 5) is 19.8. The minimum absolute atomic E-state index is 0.106. The van der Waals surface area contributed by atoms with Gasteiger partial charge in [-0.2, -0.15) is 0 Å². The Balaban J connectivity index is 1.89. The summed E-state index contributed by atoms with van der Waals surface area (Å²) in [7, 11) is -2.70. The first-order chi connectivity index (χ1) is 14.9. The largest absolute Gasteiger partial charge is 0.495 e. The van der Waals surface area contributed by atoms with Gasteiger partial charge in [0.25, 0.3) is 11.8 Å². The minimum atomic E-state index is -3.71. The van der Waals surface area contributed by atoms with Crippen LogP contribution < -0.4 is 15.8 Å². The van der Waals surface area contributed by atoms with Crippen molar-refractivity contribution in [3.05, 3.63) is 53.6 Å². The third-order valence-corrected chi connectivity index (χ3v) is 4.58. The van der Waals surface area contributed by atoms with Crippen molar-refractivity contribution in [1.82, 2.24) is 4.98 Å². The van der Waals surface area contributed by atoms with E-state index in [1.807, 2.05) is 0 Å². The van der Waals surface area contributed by atoms with E-state index in [2.05, 4.69) is 20.0 Å². The van der Waals surface area contributed by atoms with Crippen LogP contribution in [0.4, 0.5) is 23.2 Å². The number of halogens is 4. The van der Waals surface area contributed by atoms with Crippen LogP contribution in [0.5, 0.6) is 5.75 Å². The topological polar surface area (TPSA) is 89.6 Å². The monoisotopic (exact) mass is 413 g/mol. The fourth-order valence-electron chi connectivity index (χ4n) is 3.02. The molecule has 2 heterocycles. The summed E-state index contributed by atoms with van der Waals surface area (Å²) in [6, 6.07) is 5.14. The quantitative estimate of drug-likeness (QED) is 0.735. The second kappa shape index (κ2) is 7.69. The molecular weight excluding hydrogens is 392 g/mol. The molecule has 0 fully saturated rings. The molecule has 1 amide bonds. The third kappa shape index (κ3) is 3.74. The minimum Gasteiger partial charge on any atom is -0.495 e. The van der Waals surface area contributed by atoms with E-state index >= 15 is 0 Å². The maximum absolute atomic E-state index is 14.7. The van der Waals surface area contributed by atoms with Crippen molar-refractivity contribution in [2.24, 2.45) is 10.7 Å². The van der Waals surface area contributed by atoms with E-state index < -0.39 is 48.9 Å². The van der Waals surface area contributed by atoms with Crippen molar-refractivity contribution < 1.29 is 31.2 Å². The van der Waals surface area contributed by atoms with Crippen LogP contribution in [0, 0.1) is 5.82 Å². The lowest BCUT2D eigenvalue weighted by Gasteiger charge is -2.39. The lowest BCUT2D eigenvalue weighted by atomic mass is 9.80. The van der Waals surface area contributed by atoms with Crippen LogP contribution in [0.1, 0.15) is 33.0 Å². The number of nitrogens with two attached hydrogens (primary N) is 1. The highest BCUT2D eigenvalue weighted by molar-refractivity contribution is 6.02. The Morgan fingerprint density at radius 3 is 2.83 bits per heavy atom. The number of ether oxygens (including phenoxy) is 1. The molecule has 154 valence electrons. The lowest BCUT2D eigenvalue weighted by molar-refractivity contribution is -0.0959. The van der Waals surface area contributed by atoms with Crippen LogP contribution in [0.3, 0.4) is 0 Å². The molecule has 0 bridgehead atoms. The first-order valence-corrected chi connectivity index (χ1v) is 8.41. The maximum atomic E-state index is 14.7. The second-order valence-electron chi connectivity index (χ2n) is 6.43. The van der Waals surface area contributed by atoms with Gasteiger partial charge in [0.15, 0.2) is 5.54 Å². The number of pyridine rings is 1. The van der Waals surface area contributed by atoms with Gasteiger partial charge in [-0.1, -0.05) is 0 Å². The number of nitrogens with one attached hydrogen (secondary N) is 1. The number of amidine groups is 1. The zero-order chi connectivity index (χ0) is 23.7. The molecule has 0 aliphatic carbocycles. The van der Waals surface area contributed by atoms with E-state index in [0.29, 0.717) is 0 Å². The molecule has 1 aromatic heterocycles. The Kier molecular flexibility index (Phi) is 4.44. The molecule has 0 spiro atoms. The number of carbonyl (C=O) groups is 1. The highest BCUT2D eigenvalue weighted by Gasteiger charge is 2.58. The average molecular weight is 413 g/mol. The average Bonchev–Trinajstić information content (AvgIpc) is 2.70. The summed E-state index contributed by atoms with van der Waals surface area (Å²) in [6.45, 7) is -1.71. The molecule has 3 N–H and O–H groups in total. The van der Waals surface area contributed by atoms with Crippen LogP contribution in [0.2, 0.25) is 0 Å². The fourth-order valence-corrected chi connectivity index (χ4v) is 3.02. The van der Waals surface area contributed by atoms with E-state index in [4.69, 9.17) is 9.85 Å². The van der Waals surface area contributed by atoms with Gasteiger partial charge in [0.2, 0.25) is 0 Å². The number of hydrogen-bond acceptors (Lipinski definition) is 5. The Hall–Kier alpha value is -3.17. The van der Waals surface area contributed by atoms with Crippen molar-refractivity contribution in [2.45, 2.75) is 24.3 Å². The smallest absolute Gasteiger partial charge is 0.280 e. The van der Waals surface area contributed by atoms with Crippen LogP contribution in [0.25, 0.3) is 0 Å². The van der Waals surface area contributed by atoms with Crippen molar-refractivity contribution in [3.63, 3.8) is 0 Å². The molecule has 1 atom stereocenters. The molecule has 1 aliphatic rings. The summed E-state index contributed by atoms with van der Waals surface area (Å²) < 4.78 is 83.5. The molecular formula is C19H18F4N4O2. The van der Waals surface area contributed by atoms with Crippen molar-refractivity contribution >= 4 is 17.4 Å². The van der Waals surface area contributed by atoms with Crippen molar-refractivity contribution in [1.29, 1.82) is 0 Å². The second-order valence-corrected chi connectivity index (χ2v) is 6.43. The maximum Gasteiger partial charge on any atom is 0.280 e. The van der Waals surface area contributed by atoms with Crippen molar-refractivity contribution in [3.8, 4) is 5.75 Å². The van der Waals surface area contributed by atoms with Gasteiger partial charge in [-0.3, -0.25) is 9.79 Å². The summed E-state index contributed by atoms with van der Waals surface area (Å²) >= 11 is 0. The number of alkyl halides is 3. The van der Waals surface area contributed by atoms with Crippen molar-refractivity contribution in [2.75, 3.05) is 19.0 Å². The van der Waals surface area contributed by atoms with Gasteiger partial charge in [-0.25, -0.2) is 22.5 Å². The third-order valence-electron chi connectivity index (χ3n) is 4.58. The lowest BCUT2D eigenvalue weighted by Crippen LogP contribution is -2.51. The molecule has 0 unspecified atom stereocenters. The number of methoxy groups -OCH3 is 1. The first kappa shape index (κ1) is 16.8. The molecule has 2 aromatic rings. The molecule has 1 aliphatic heterocycles. The Morgan fingerprint density at radius 1 is 1.38 bits per heavy atom. The number of benzene rings is 1. The number of rotatable bonds is 5. The van der Waals surface area contributed by atoms with Crippen LogP contribution in [0.15, 0.2) is 41.5 Å². The molecule has 1 aromatic carbocycles. The first-order valence-electron chi connectivity index (χ1n) is 9.91. The Morgan fingerprint density at radius 2 is 2.17 bits per heavy atom. The van der Waals surface area contributed by atoms with Crippen LogP contribution >= 0.6 is 0 Å². The summed E-state index contributed by atoms with van der Waals surface area (Å²) in [5, 5.41) is 2.35. The highest BCUT2D eigenvalue weighted by atomic mass is 19.3. The summed E-state index contributed by atoms with van der Waals surface area (Å²) in [5.41, 5.74) is 1.66. The SMILES string of the molecule is [2H]C([2H])([2H])Oc1ccc(C(=O)Nc2ccc(F)c([C@@]3(CF)N=C(N)CCC3(F)F)c2)nc1. The number of nitrogens with zero attached hydrogens (tertiary/aromatic N) is 2. The van der Waals surface area contributed by atoms with Gasteiger partial charge in [-0.15, -0.1) is 0 Å². The van der Waals surface area contributed by atoms with E-state index in [9.17, 15) is 22.4 Å². The number of aromatic nitrogens is 1. The Labute approximate surface area is 168 Å². The molecule has 6 nitrogen and oxygen atoms in total. The number of hydrogen-bond donors (Lipinski definition) is 2. The van der Waals surface area contributed by atoms with Gasteiger partial charge in [-0.05, 0) is 30.3 Å². The zero-order valence-electron chi connectivity index (χ0n) is 17.9.